The van der Waals surface area contributed by atoms with Gasteiger partial charge in [-0.05, 0) is 19.9 Å². The second kappa shape index (κ2) is 7.49. The molecular formula is C11H24N2OS. The molecule has 0 amide bonds. The molecule has 0 aromatic rings. The Labute approximate surface area is 97.6 Å². The molecule has 0 radical (unpaired) electrons. The van der Waals surface area contributed by atoms with E-state index < -0.39 is 0 Å². The molecule has 1 rings (SSSR count). The van der Waals surface area contributed by atoms with Crippen molar-refractivity contribution in [3.63, 3.8) is 0 Å². The Morgan fingerprint density at radius 3 is 3.07 bits per heavy atom. The Hall–Kier alpha value is 0.230. The maximum absolute atomic E-state index is 9.83. The second-order valence-electron chi connectivity index (χ2n) is 4.28. The van der Waals surface area contributed by atoms with Crippen LogP contribution in [0, 0.1) is 0 Å². The Morgan fingerprint density at radius 1 is 1.60 bits per heavy atom. The van der Waals surface area contributed by atoms with Crippen LogP contribution in [0.5, 0.6) is 0 Å². The molecule has 2 atom stereocenters. The number of rotatable bonds is 6. The summed E-state index contributed by atoms with van der Waals surface area (Å²) in [6.07, 6.45) is 0.908. The highest BCUT2D eigenvalue weighted by Gasteiger charge is 2.20. The number of aliphatic hydroxyl groups excluding tert-OH is 1. The van der Waals surface area contributed by atoms with Gasteiger partial charge in [-0.15, -0.1) is 0 Å². The quantitative estimate of drug-likeness (QED) is 0.664. The molecule has 1 heterocycles. The van der Waals surface area contributed by atoms with E-state index in [1.54, 1.807) is 0 Å². The standard InChI is InChI=1S/C11H24N2OS/c1-3-4-12-7-11(14)8-13-5-6-15-9-10(13)2/h10-12,14H,3-9H2,1-2H3. The molecule has 90 valence electrons. The number of nitrogens with one attached hydrogen (secondary N) is 1. The van der Waals surface area contributed by atoms with Crippen LogP contribution in [0.15, 0.2) is 0 Å². The third-order valence-corrected chi connectivity index (χ3v) is 3.95. The summed E-state index contributed by atoms with van der Waals surface area (Å²) in [6, 6.07) is 0.615. The summed E-state index contributed by atoms with van der Waals surface area (Å²) in [5.41, 5.74) is 0. The van der Waals surface area contributed by atoms with Crippen LogP contribution in [-0.4, -0.2) is 59.8 Å². The van der Waals surface area contributed by atoms with E-state index >= 15 is 0 Å². The fraction of sp³-hybridized carbons (Fsp3) is 1.00. The normalized spacial score (nSPS) is 25.4. The molecule has 0 aliphatic carbocycles. The van der Waals surface area contributed by atoms with Crippen molar-refractivity contribution >= 4 is 11.8 Å². The molecule has 0 saturated carbocycles. The molecule has 2 N–H and O–H groups in total. The topological polar surface area (TPSA) is 35.5 Å². The molecular weight excluding hydrogens is 208 g/mol. The minimum atomic E-state index is -0.220. The first-order valence-electron chi connectivity index (χ1n) is 5.94. The lowest BCUT2D eigenvalue weighted by atomic mass is 10.2. The SMILES string of the molecule is CCCNCC(O)CN1CCSCC1C. The van der Waals surface area contributed by atoms with Gasteiger partial charge >= 0.3 is 0 Å². The summed E-state index contributed by atoms with van der Waals surface area (Å²) >= 11 is 2.02. The molecule has 0 bridgehead atoms. The van der Waals surface area contributed by atoms with E-state index in [1.807, 2.05) is 11.8 Å². The van der Waals surface area contributed by atoms with Crippen molar-refractivity contribution in [1.82, 2.24) is 10.2 Å². The van der Waals surface area contributed by atoms with Gasteiger partial charge in [0.2, 0.25) is 0 Å². The lowest BCUT2D eigenvalue weighted by Gasteiger charge is -2.34. The average molecular weight is 232 g/mol. The lowest BCUT2D eigenvalue weighted by Crippen LogP contribution is -2.46. The van der Waals surface area contributed by atoms with Crippen molar-refractivity contribution < 1.29 is 5.11 Å². The first-order chi connectivity index (χ1) is 7.24. The highest BCUT2D eigenvalue weighted by atomic mass is 32.2. The number of thioether (sulfide) groups is 1. The van der Waals surface area contributed by atoms with Gasteiger partial charge in [-0.1, -0.05) is 6.92 Å². The van der Waals surface area contributed by atoms with Gasteiger partial charge in [0.25, 0.3) is 0 Å². The number of aliphatic hydroxyl groups is 1. The van der Waals surface area contributed by atoms with E-state index in [4.69, 9.17) is 0 Å². The van der Waals surface area contributed by atoms with E-state index in [0.29, 0.717) is 6.04 Å². The fourth-order valence-electron chi connectivity index (χ4n) is 1.81. The molecule has 1 saturated heterocycles. The van der Waals surface area contributed by atoms with Crippen molar-refractivity contribution in [3.05, 3.63) is 0 Å². The summed E-state index contributed by atoms with van der Waals surface area (Å²) < 4.78 is 0. The predicted octanol–water partition coefficient (Wildman–Crippen LogP) is 0.784. The zero-order valence-corrected chi connectivity index (χ0v) is 10.7. The molecule has 2 unspecified atom stereocenters. The maximum Gasteiger partial charge on any atom is 0.0791 e. The van der Waals surface area contributed by atoms with Gasteiger partial charge in [0.1, 0.15) is 0 Å². The smallest absolute Gasteiger partial charge is 0.0791 e. The second-order valence-corrected chi connectivity index (χ2v) is 5.43. The Morgan fingerprint density at radius 2 is 2.40 bits per heavy atom. The highest BCUT2D eigenvalue weighted by Crippen LogP contribution is 2.15. The molecule has 15 heavy (non-hydrogen) atoms. The summed E-state index contributed by atoms with van der Waals surface area (Å²) in [5.74, 6) is 2.41. The van der Waals surface area contributed by atoms with Crippen molar-refractivity contribution in [2.75, 3.05) is 37.7 Å². The van der Waals surface area contributed by atoms with Gasteiger partial charge in [-0.25, -0.2) is 0 Å². The molecule has 0 spiro atoms. The van der Waals surface area contributed by atoms with Gasteiger partial charge in [-0.3, -0.25) is 4.90 Å². The third kappa shape index (κ3) is 5.20. The van der Waals surface area contributed by atoms with Crippen molar-refractivity contribution in [2.24, 2.45) is 0 Å². The van der Waals surface area contributed by atoms with Gasteiger partial charge in [0, 0.05) is 37.2 Å². The molecule has 3 nitrogen and oxygen atoms in total. The number of hydrogen-bond acceptors (Lipinski definition) is 4. The average Bonchev–Trinajstić information content (AvgIpc) is 2.22. The summed E-state index contributed by atoms with van der Waals surface area (Å²) in [5, 5.41) is 13.1. The van der Waals surface area contributed by atoms with E-state index in [0.717, 1.165) is 32.6 Å². The van der Waals surface area contributed by atoms with Gasteiger partial charge < -0.3 is 10.4 Å². The largest absolute Gasteiger partial charge is 0.390 e. The fourth-order valence-corrected chi connectivity index (χ4v) is 2.90. The highest BCUT2D eigenvalue weighted by molar-refractivity contribution is 7.99. The van der Waals surface area contributed by atoms with E-state index in [2.05, 4.69) is 24.1 Å². The third-order valence-electron chi connectivity index (χ3n) is 2.76. The van der Waals surface area contributed by atoms with Crippen LogP contribution in [0.2, 0.25) is 0 Å². The van der Waals surface area contributed by atoms with Crippen LogP contribution in [0.3, 0.4) is 0 Å². The maximum atomic E-state index is 9.83. The minimum absolute atomic E-state index is 0.220. The molecule has 1 aliphatic heterocycles. The molecule has 0 aromatic heterocycles. The van der Waals surface area contributed by atoms with Gasteiger partial charge in [-0.2, -0.15) is 11.8 Å². The number of β-amino-alcohol motifs (C(OH)–C–C–N with tert-alkyl or cyclic N) is 1. The van der Waals surface area contributed by atoms with Crippen molar-refractivity contribution in [2.45, 2.75) is 32.4 Å². The van der Waals surface area contributed by atoms with Gasteiger partial charge in [0.05, 0.1) is 6.10 Å². The Kier molecular flexibility index (Phi) is 6.64. The van der Waals surface area contributed by atoms with Crippen LogP contribution in [0.4, 0.5) is 0 Å². The summed E-state index contributed by atoms with van der Waals surface area (Å²) in [4.78, 5) is 2.40. The van der Waals surface area contributed by atoms with Gasteiger partial charge in [0.15, 0.2) is 0 Å². The van der Waals surface area contributed by atoms with Crippen LogP contribution in [0.1, 0.15) is 20.3 Å². The monoisotopic (exact) mass is 232 g/mol. The van der Waals surface area contributed by atoms with E-state index in [1.165, 1.54) is 11.5 Å². The van der Waals surface area contributed by atoms with Crippen molar-refractivity contribution in [3.8, 4) is 0 Å². The van der Waals surface area contributed by atoms with E-state index in [9.17, 15) is 5.11 Å². The first kappa shape index (κ1) is 13.3. The molecule has 1 fully saturated rings. The van der Waals surface area contributed by atoms with Crippen LogP contribution in [-0.2, 0) is 0 Å². The summed E-state index contributed by atoms with van der Waals surface area (Å²) in [6.45, 7) is 8.06. The first-order valence-corrected chi connectivity index (χ1v) is 7.10. The lowest BCUT2D eigenvalue weighted by molar-refractivity contribution is 0.0979. The summed E-state index contributed by atoms with van der Waals surface area (Å²) in [7, 11) is 0. The van der Waals surface area contributed by atoms with Crippen LogP contribution >= 0.6 is 11.8 Å². The zero-order valence-electron chi connectivity index (χ0n) is 9.91. The number of hydrogen-bond donors (Lipinski definition) is 2. The van der Waals surface area contributed by atoms with E-state index in [-0.39, 0.29) is 6.10 Å². The van der Waals surface area contributed by atoms with Crippen molar-refractivity contribution in [1.29, 1.82) is 0 Å². The Bertz CT molecular complexity index is 169. The Balaban J connectivity index is 2.15. The molecule has 1 aliphatic rings. The molecule has 4 heteroatoms. The number of nitrogens with zero attached hydrogens (tertiary/aromatic N) is 1. The zero-order chi connectivity index (χ0) is 11.1. The molecule has 0 aromatic carbocycles. The minimum Gasteiger partial charge on any atom is -0.390 e. The van der Waals surface area contributed by atoms with Crippen LogP contribution in [0.25, 0.3) is 0 Å². The predicted molar refractivity (Wildman–Crippen MR) is 67.5 cm³/mol. The van der Waals surface area contributed by atoms with Crippen LogP contribution < -0.4 is 5.32 Å².